The first-order chi connectivity index (χ1) is 12.9. The van der Waals surface area contributed by atoms with Crippen LogP contribution in [0.15, 0.2) is 55.1 Å². The van der Waals surface area contributed by atoms with E-state index in [1.54, 1.807) is 25.3 Å². The Hall–Kier alpha value is -3.22. The third-order valence-corrected chi connectivity index (χ3v) is 3.81. The summed E-state index contributed by atoms with van der Waals surface area (Å²) in [6.45, 7) is 3.91. The standard InChI is InChI=1S/C20H20F2N2O3/c1-3-10-24(13-14-4-7-16(27-2)8-5-14)19(25)12-23-20(26)17-9-6-15(21)11-18(17)22/h3-9,11H,1,10,12-13H2,2H3,(H,23,26). The number of benzene rings is 2. The number of amides is 2. The van der Waals surface area contributed by atoms with Crippen molar-refractivity contribution in [2.24, 2.45) is 0 Å². The Morgan fingerprint density at radius 2 is 1.89 bits per heavy atom. The Kier molecular flexibility index (Phi) is 7.05. The Morgan fingerprint density at radius 1 is 1.19 bits per heavy atom. The molecule has 0 spiro atoms. The number of ether oxygens (including phenoxy) is 1. The highest BCUT2D eigenvalue weighted by Gasteiger charge is 2.17. The van der Waals surface area contributed by atoms with E-state index in [1.165, 1.54) is 4.90 Å². The Labute approximate surface area is 156 Å². The van der Waals surface area contributed by atoms with Crippen molar-refractivity contribution in [1.82, 2.24) is 10.2 Å². The molecular formula is C20H20F2N2O3. The molecule has 0 bridgehead atoms. The van der Waals surface area contributed by atoms with E-state index in [0.717, 1.165) is 17.7 Å². The highest BCUT2D eigenvalue weighted by atomic mass is 19.1. The fraction of sp³-hybridized carbons (Fsp3) is 0.200. The van der Waals surface area contributed by atoms with Gasteiger partial charge in [0.15, 0.2) is 0 Å². The minimum absolute atomic E-state index is 0.283. The fourth-order valence-corrected chi connectivity index (χ4v) is 2.40. The highest BCUT2D eigenvalue weighted by molar-refractivity contribution is 5.96. The van der Waals surface area contributed by atoms with Crippen molar-refractivity contribution in [2.45, 2.75) is 6.54 Å². The summed E-state index contributed by atoms with van der Waals surface area (Å²) in [5.41, 5.74) is 0.552. The summed E-state index contributed by atoms with van der Waals surface area (Å²) in [4.78, 5) is 25.9. The fourth-order valence-electron chi connectivity index (χ4n) is 2.40. The topological polar surface area (TPSA) is 58.6 Å². The Bertz CT molecular complexity index is 822. The monoisotopic (exact) mass is 374 g/mol. The lowest BCUT2D eigenvalue weighted by atomic mass is 10.2. The number of rotatable bonds is 8. The van der Waals surface area contributed by atoms with Gasteiger partial charge in [-0.2, -0.15) is 0 Å². The summed E-state index contributed by atoms with van der Waals surface area (Å²) in [5.74, 6) is -2.21. The smallest absolute Gasteiger partial charge is 0.254 e. The Balaban J connectivity index is 1.99. The molecule has 0 heterocycles. The molecular weight excluding hydrogens is 354 g/mol. The van der Waals surface area contributed by atoms with Gasteiger partial charge in [0.25, 0.3) is 5.91 Å². The average molecular weight is 374 g/mol. The van der Waals surface area contributed by atoms with Gasteiger partial charge in [0.05, 0.1) is 19.2 Å². The molecule has 7 heteroatoms. The average Bonchev–Trinajstić information content (AvgIpc) is 2.66. The van der Waals surface area contributed by atoms with E-state index in [9.17, 15) is 18.4 Å². The zero-order chi connectivity index (χ0) is 19.8. The largest absolute Gasteiger partial charge is 0.497 e. The van der Waals surface area contributed by atoms with Crippen molar-refractivity contribution in [3.05, 3.63) is 77.9 Å². The van der Waals surface area contributed by atoms with Gasteiger partial charge in [-0.3, -0.25) is 9.59 Å². The number of nitrogens with zero attached hydrogens (tertiary/aromatic N) is 1. The van der Waals surface area contributed by atoms with Gasteiger partial charge in [-0.05, 0) is 29.8 Å². The van der Waals surface area contributed by atoms with Crippen molar-refractivity contribution in [1.29, 1.82) is 0 Å². The molecule has 5 nitrogen and oxygen atoms in total. The van der Waals surface area contributed by atoms with Crippen molar-refractivity contribution < 1.29 is 23.1 Å². The van der Waals surface area contributed by atoms with Crippen LogP contribution in [0, 0.1) is 11.6 Å². The van der Waals surface area contributed by atoms with E-state index >= 15 is 0 Å². The summed E-state index contributed by atoms with van der Waals surface area (Å²) in [7, 11) is 1.56. The number of carbonyl (C=O) groups is 2. The molecule has 0 aliphatic rings. The SMILES string of the molecule is C=CCN(Cc1ccc(OC)cc1)C(=O)CNC(=O)c1ccc(F)cc1F. The molecule has 0 fully saturated rings. The van der Waals surface area contributed by atoms with E-state index in [4.69, 9.17) is 4.74 Å². The van der Waals surface area contributed by atoms with E-state index in [-0.39, 0.29) is 24.6 Å². The second kappa shape index (κ2) is 9.47. The van der Waals surface area contributed by atoms with Gasteiger partial charge in [-0.25, -0.2) is 8.78 Å². The van der Waals surface area contributed by atoms with Crippen molar-refractivity contribution in [3.8, 4) is 5.75 Å². The van der Waals surface area contributed by atoms with Crippen LogP contribution in [0.1, 0.15) is 15.9 Å². The van der Waals surface area contributed by atoms with Crippen molar-refractivity contribution in [3.63, 3.8) is 0 Å². The lowest BCUT2D eigenvalue weighted by Gasteiger charge is -2.21. The molecule has 27 heavy (non-hydrogen) atoms. The maximum absolute atomic E-state index is 13.6. The molecule has 0 aliphatic carbocycles. The molecule has 1 N–H and O–H groups in total. The third-order valence-electron chi connectivity index (χ3n) is 3.81. The van der Waals surface area contributed by atoms with Crippen LogP contribution in [0.25, 0.3) is 0 Å². The second-order valence-corrected chi connectivity index (χ2v) is 5.72. The van der Waals surface area contributed by atoms with Gasteiger partial charge < -0.3 is 15.0 Å². The molecule has 0 aliphatic heterocycles. The molecule has 2 amide bonds. The number of hydrogen-bond acceptors (Lipinski definition) is 3. The second-order valence-electron chi connectivity index (χ2n) is 5.72. The van der Waals surface area contributed by atoms with Gasteiger partial charge >= 0.3 is 0 Å². The molecule has 0 saturated heterocycles. The van der Waals surface area contributed by atoms with Crippen LogP contribution in [-0.4, -0.2) is 36.9 Å². The molecule has 0 saturated carbocycles. The van der Waals surface area contributed by atoms with Crippen LogP contribution in [0.2, 0.25) is 0 Å². The van der Waals surface area contributed by atoms with Crippen LogP contribution >= 0.6 is 0 Å². The molecule has 2 aromatic rings. The Morgan fingerprint density at radius 3 is 2.48 bits per heavy atom. The van der Waals surface area contributed by atoms with Gasteiger partial charge in [0, 0.05) is 19.2 Å². The molecule has 0 radical (unpaired) electrons. The molecule has 0 atom stereocenters. The first-order valence-corrected chi connectivity index (χ1v) is 8.19. The lowest BCUT2D eigenvalue weighted by Crippen LogP contribution is -2.40. The molecule has 2 rings (SSSR count). The lowest BCUT2D eigenvalue weighted by molar-refractivity contribution is -0.130. The van der Waals surface area contributed by atoms with E-state index in [0.29, 0.717) is 18.4 Å². The number of methoxy groups -OCH3 is 1. The number of nitrogens with one attached hydrogen (secondary N) is 1. The van der Waals surface area contributed by atoms with Gasteiger partial charge in [-0.1, -0.05) is 18.2 Å². The third kappa shape index (κ3) is 5.64. The maximum atomic E-state index is 13.6. The van der Waals surface area contributed by atoms with Crippen LogP contribution in [0.5, 0.6) is 5.75 Å². The molecule has 0 aromatic heterocycles. The maximum Gasteiger partial charge on any atom is 0.254 e. The van der Waals surface area contributed by atoms with Gasteiger partial charge in [0.2, 0.25) is 5.91 Å². The summed E-state index contributed by atoms with van der Waals surface area (Å²) >= 11 is 0. The van der Waals surface area contributed by atoms with Gasteiger partial charge in [0.1, 0.15) is 17.4 Å². The van der Waals surface area contributed by atoms with Crippen LogP contribution in [0.4, 0.5) is 8.78 Å². The zero-order valence-corrected chi connectivity index (χ0v) is 14.9. The number of hydrogen-bond donors (Lipinski definition) is 1. The summed E-state index contributed by atoms with van der Waals surface area (Å²) in [6.07, 6.45) is 1.57. The quantitative estimate of drug-likeness (QED) is 0.723. The van der Waals surface area contributed by atoms with Crippen molar-refractivity contribution in [2.75, 3.05) is 20.2 Å². The van der Waals surface area contributed by atoms with Crippen molar-refractivity contribution >= 4 is 11.8 Å². The predicted octanol–water partition coefficient (Wildman–Crippen LogP) is 2.92. The van der Waals surface area contributed by atoms with E-state index < -0.39 is 17.5 Å². The molecule has 0 unspecified atom stereocenters. The van der Waals surface area contributed by atoms with Crippen LogP contribution in [0.3, 0.4) is 0 Å². The zero-order valence-electron chi connectivity index (χ0n) is 14.9. The van der Waals surface area contributed by atoms with E-state index in [1.807, 2.05) is 12.1 Å². The summed E-state index contributed by atoms with van der Waals surface area (Å²) in [5, 5.41) is 2.36. The van der Waals surface area contributed by atoms with Gasteiger partial charge in [-0.15, -0.1) is 6.58 Å². The normalized spacial score (nSPS) is 10.2. The number of carbonyl (C=O) groups excluding carboxylic acids is 2. The van der Waals surface area contributed by atoms with E-state index in [2.05, 4.69) is 11.9 Å². The highest BCUT2D eigenvalue weighted by Crippen LogP contribution is 2.13. The summed E-state index contributed by atoms with van der Waals surface area (Å²) < 4.78 is 31.6. The number of halogens is 2. The summed E-state index contributed by atoms with van der Waals surface area (Å²) in [6, 6.07) is 9.85. The minimum Gasteiger partial charge on any atom is -0.497 e. The molecule has 142 valence electrons. The first-order valence-electron chi connectivity index (χ1n) is 8.19. The first kappa shape index (κ1) is 20.1. The predicted molar refractivity (Wildman–Crippen MR) is 97.3 cm³/mol. The molecule has 2 aromatic carbocycles. The van der Waals surface area contributed by atoms with Crippen LogP contribution in [-0.2, 0) is 11.3 Å². The van der Waals surface area contributed by atoms with Crippen LogP contribution < -0.4 is 10.1 Å². The minimum atomic E-state index is -0.985.